The van der Waals surface area contributed by atoms with E-state index < -0.39 is 17.3 Å². The van der Waals surface area contributed by atoms with Crippen LogP contribution in [0.2, 0.25) is 0 Å². The van der Waals surface area contributed by atoms with Gasteiger partial charge in [-0.05, 0) is 19.9 Å². The van der Waals surface area contributed by atoms with Crippen LogP contribution in [0.4, 0.5) is 4.39 Å². The zero-order chi connectivity index (χ0) is 12.6. The Bertz CT molecular complexity index is 501. The maximum Gasteiger partial charge on any atom is 0.277 e. The molecule has 0 aliphatic carbocycles. The van der Waals surface area contributed by atoms with Crippen LogP contribution < -0.4 is 0 Å². The molecule has 2 heterocycles. The molecule has 0 saturated carbocycles. The van der Waals surface area contributed by atoms with E-state index in [1.165, 1.54) is 17.3 Å². The fourth-order valence-electron chi connectivity index (χ4n) is 1.69. The first-order chi connectivity index (χ1) is 7.92. The summed E-state index contributed by atoms with van der Waals surface area (Å²) in [5.74, 6) is -1.17. The van der Waals surface area contributed by atoms with Crippen LogP contribution in [-0.2, 0) is 0 Å². The van der Waals surface area contributed by atoms with Gasteiger partial charge >= 0.3 is 0 Å². The molecule has 1 aliphatic rings. The SMILES string of the molecule is CC1(C)CC(Cl)=NN1C(=O)c1ccncc1F. The Balaban J connectivity index is 2.36. The van der Waals surface area contributed by atoms with Gasteiger partial charge in [-0.2, -0.15) is 5.10 Å². The van der Waals surface area contributed by atoms with Crippen molar-refractivity contribution >= 4 is 22.7 Å². The van der Waals surface area contributed by atoms with E-state index in [9.17, 15) is 9.18 Å². The van der Waals surface area contributed by atoms with Crippen LogP contribution in [0.5, 0.6) is 0 Å². The van der Waals surface area contributed by atoms with E-state index in [2.05, 4.69) is 10.1 Å². The van der Waals surface area contributed by atoms with Crippen LogP contribution in [0.3, 0.4) is 0 Å². The van der Waals surface area contributed by atoms with E-state index in [0.29, 0.717) is 11.6 Å². The summed E-state index contributed by atoms with van der Waals surface area (Å²) in [7, 11) is 0. The average Bonchev–Trinajstić information content (AvgIpc) is 2.51. The van der Waals surface area contributed by atoms with E-state index in [1.54, 1.807) is 0 Å². The van der Waals surface area contributed by atoms with E-state index in [1.807, 2.05) is 13.8 Å². The van der Waals surface area contributed by atoms with Crippen molar-refractivity contribution in [1.82, 2.24) is 9.99 Å². The van der Waals surface area contributed by atoms with Crippen molar-refractivity contribution in [1.29, 1.82) is 0 Å². The molecule has 1 aromatic heterocycles. The Kier molecular flexibility index (Phi) is 2.87. The summed E-state index contributed by atoms with van der Waals surface area (Å²) in [6.45, 7) is 3.64. The van der Waals surface area contributed by atoms with Crippen LogP contribution in [0.25, 0.3) is 0 Å². The quantitative estimate of drug-likeness (QED) is 0.774. The minimum Gasteiger partial charge on any atom is -0.267 e. The predicted octanol–water partition coefficient (Wildman–Crippen LogP) is 2.40. The highest BCUT2D eigenvalue weighted by Crippen LogP contribution is 2.29. The Hall–Kier alpha value is -1.49. The fraction of sp³-hybridized carbons (Fsp3) is 0.364. The van der Waals surface area contributed by atoms with Gasteiger partial charge in [0.2, 0.25) is 0 Å². The average molecular weight is 256 g/mol. The van der Waals surface area contributed by atoms with Gasteiger partial charge in [0.1, 0.15) is 5.17 Å². The number of amides is 1. The number of carbonyl (C=O) groups excluding carboxylic acids is 1. The van der Waals surface area contributed by atoms with Crippen molar-refractivity contribution in [2.24, 2.45) is 5.10 Å². The smallest absolute Gasteiger partial charge is 0.267 e. The lowest BCUT2D eigenvalue weighted by Gasteiger charge is -2.28. The molecule has 0 fully saturated rings. The van der Waals surface area contributed by atoms with Crippen LogP contribution in [0.15, 0.2) is 23.6 Å². The van der Waals surface area contributed by atoms with Gasteiger partial charge in [-0.3, -0.25) is 9.78 Å². The number of hydrogen-bond donors (Lipinski definition) is 0. The van der Waals surface area contributed by atoms with Crippen LogP contribution in [0, 0.1) is 5.82 Å². The fourth-order valence-corrected chi connectivity index (χ4v) is 2.10. The second-order valence-electron chi connectivity index (χ2n) is 4.44. The van der Waals surface area contributed by atoms with Crippen molar-refractivity contribution in [3.8, 4) is 0 Å². The third-order valence-electron chi connectivity index (χ3n) is 2.56. The highest BCUT2D eigenvalue weighted by molar-refractivity contribution is 6.65. The maximum absolute atomic E-state index is 13.5. The molecule has 0 N–H and O–H groups in total. The van der Waals surface area contributed by atoms with Gasteiger partial charge in [0, 0.05) is 12.6 Å². The van der Waals surface area contributed by atoms with Crippen molar-refractivity contribution in [3.05, 3.63) is 29.8 Å². The van der Waals surface area contributed by atoms with Gasteiger partial charge in [-0.15, -0.1) is 0 Å². The number of hydrazone groups is 1. The molecule has 0 aromatic carbocycles. The first kappa shape index (κ1) is 12.0. The largest absolute Gasteiger partial charge is 0.277 e. The molecule has 0 bridgehead atoms. The summed E-state index contributed by atoms with van der Waals surface area (Å²) in [4.78, 5) is 15.7. The van der Waals surface area contributed by atoms with E-state index >= 15 is 0 Å². The summed E-state index contributed by atoms with van der Waals surface area (Å²) in [5.41, 5.74) is -0.590. The molecule has 0 saturated heterocycles. The molecule has 1 amide bonds. The molecule has 6 heteroatoms. The zero-order valence-electron chi connectivity index (χ0n) is 9.44. The third kappa shape index (κ3) is 2.15. The van der Waals surface area contributed by atoms with Gasteiger partial charge in [0.25, 0.3) is 5.91 Å². The standard InChI is InChI=1S/C11H11ClFN3O/c1-11(2)5-9(12)15-16(11)10(17)7-3-4-14-6-8(7)13/h3-4,6H,5H2,1-2H3. The first-order valence-corrected chi connectivity index (χ1v) is 5.47. The number of hydrogen-bond acceptors (Lipinski definition) is 3. The van der Waals surface area contributed by atoms with Gasteiger partial charge in [-0.1, -0.05) is 11.6 Å². The number of rotatable bonds is 1. The van der Waals surface area contributed by atoms with Crippen molar-refractivity contribution in [2.45, 2.75) is 25.8 Å². The maximum atomic E-state index is 13.5. The van der Waals surface area contributed by atoms with Gasteiger partial charge in [-0.25, -0.2) is 9.40 Å². The molecular weight excluding hydrogens is 245 g/mol. The lowest BCUT2D eigenvalue weighted by Crippen LogP contribution is -2.41. The van der Waals surface area contributed by atoms with Crippen LogP contribution in [0.1, 0.15) is 30.6 Å². The molecule has 17 heavy (non-hydrogen) atoms. The molecule has 0 radical (unpaired) electrons. The summed E-state index contributed by atoms with van der Waals surface area (Å²) in [5, 5.41) is 5.50. The monoisotopic (exact) mass is 255 g/mol. The highest BCUT2D eigenvalue weighted by atomic mass is 35.5. The predicted molar refractivity (Wildman–Crippen MR) is 62.3 cm³/mol. The Morgan fingerprint density at radius 3 is 2.82 bits per heavy atom. The molecular formula is C11H11ClFN3O. The van der Waals surface area contributed by atoms with E-state index in [0.717, 1.165) is 6.20 Å². The minimum atomic E-state index is -0.661. The molecule has 0 spiro atoms. The zero-order valence-corrected chi connectivity index (χ0v) is 10.2. The second kappa shape index (κ2) is 4.07. The van der Waals surface area contributed by atoms with Crippen molar-refractivity contribution < 1.29 is 9.18 Å². The highest BCUT2D eigenvalue weighted by Gasteiger charge is 2.38. The molecule has 4 nitrogen and oxygen atoms in total. The normalized spacial score (nSPS) is 18.1. The molecule has 90 valence electrons. The number of pyridine rings is 1. The van der Waals surface area contributed by atoms with Crippen LogP contribution in [-0.4, -0.2) is 26.6 Å². The molecule has 1 aliphatic heterocycles. The summed E-state index contributed by atoms with van der Waals surface area (Å²) < 4.78 is 13.5. The molecule has 0 unspecified atom stereocenters. The van der Waals surface area contributed by atoms with E-state index in [4.69, 9.17) is 11.6 Å². The van der Waals surface area contributed by atoms with Crippen molar-refractivity contribution in [2.75, 3.05) is 0 Å². The number of halogens is 2. The Labute approximate surface area is 103 Å². The summed E-state index contributed by atoms with van der Waals surface area (Å²) >= 11 is 5.81. The molecule has 2 rings (SSSR count). The Morgan fingerprint density at radius 2 is 2.29 bits per heavy atom. The van der Waals surface area contributed by atoms with Gasteiger partial charge in [0.05, 0.1) is 17.3 Å². The second-order valence-corrected chi connectivity index (χ2v) is 4.87. The number of nitrogens with zero attached hydrogens (tertiary/aromatic N) is 3. The lowest BCUT2D eigenvalue weighted by molar-refractivity contribution is 0.0607. The topological polar surface area (TPSA) is 45.6 Å². The lowest BCUT2D eigenvalue weighted by atomic mass is 10.0. The molecule has 0 atom stereocenters. The Morgan fingerprint density at radius 1 is 1.59 bits per heavy atom. The molecule has 1 aromatic rings. The van der Waals surface area contributed by atoms with Gasteiger partial charge < -0.3 is 0 Å². The van der Waals surface area contributed by atoms with Crippen LogP contribution >= 0.6 is 11.6 Å². The third-order valence-corrected chi connectivity index (χ3v) is 2.76. The first-order valence-electron chi connectivity index (χ1n) is 5.09. The number of aromatic nitrogens is 1. The summed E-state index contributed by atoms with van der Waals surface area (Å²) in [6.07, 6.45) is 2.83. The number of carbonyl (C=O) groups is 1. The van der Waals surface area contributed by atoms with Gasteiger partial charge in [0.15, 0.2) is 5.82 Å². The van der Waals surface area contributed by atoms with E-state index in [-0.39, 0.29) is 5.56 Å². The summed E-state index contributed by atoms with van der Waals surface area (Å²) in [6, 6.07) is 1.33. The minimum absolute atomic E-state index is 0.0526. The van der Waals surface area contributed by atoms with Crippen molar-refractivity contribution in [3.63, 3.8) is 0 Å².